The number of aryl methyl sites for hydroxylation is 1. The van der Waals surface area contributed by atoms with Crippen LogP contribution in [0.15, 0.2) is 34.9 Å². The molecule has 0 aliphatic heterocycles. The lowest BCUT2D eigenvalue weighted by Crippen LogP contribution is -2.17. The van der Waals surface area contributed by atoms with Crippen LogP contribution in [0.4, 0.5) is 0 Å². The van der Waals surface area contributed by atoms with Gasteiger partial charge in [0.2, 0.25) is 0 Å². The lowest BCUT2D eigenvalue weighted by molar-refractivity contribution is 0.578. The molecule has 0 saturated heterocycles. The van der Waals surface area contributed by atoms with Crippen LogP contribution in [0.25, 0.3) is 0 Å². The molecule has 0 radical (unpaired) electrons. The van der Waals surface area contributed by atoms with Crippen LogP contribution in [0.5, 0.6) is 0 Å². The summed E-state index contributed by atoms with van der Waals surface area (Å²) < 4.78 is 1.12. The maximum atomic E-state index is 4.37. The molecule has 1 aromatic carbocycles. The molecular formula is C14H17BrN2S. The van der Waals surface area contributed by atoms with E-state index in [4.69, 9.17) is 0 Å². The predicted molar refractivity (Wildman–Crippen MR) is 80.9 cm³/mol. The Hall–Kier alpha value is -0.710. The van der Waals surface area contributed by atoms with E-state index < -0.39 is 0 Å². The number of nitrogens with zero attached hydrogens (tertiary/aromatic N) is 1. The highest BCUT2D eigenvalue weighted by atomic mass is 79.9. The van der Waals surface area contributed by atoms with Gasteiger partial charge >= 0.3 is 0 Å². The van der Waals surface area contributed by atoms with E-state index in [-0.39, 0.29) is 0 Å². The highest BCUT2D eigenvalue weighted by Gasteiger charge is 2.06. The fourth-order valence-electron chi connectivity index (χ4n) is 1.72. The van der Waals surface area contributed by atoms with Crippen LogP contribution >= 0.6 is 27.3 Å². The number of thiazole rings is 1. The van der Waals surface area contributed by atoms with E-state index >= 15 is 0 Å². The summed E-state index contributed by atoms with van der Waals surface area (Å²) in [6.45, 7) is 5.21. The van der Waals surface area contributed by atoms with Crippen LogP contribution in [0.1, 0.15) is 35.3 Å². The summed E-state index contributed by atoms with van der Waals surface area (Å²) >= 11 is 5.25. The highest BCUT2D eigenvalue weighted by Crippen LogP contribution is 2.18. The zero-order valence-corrected chi connectivity index (χ0v) is 13.0. The third-order valence-electron chi connectivity index (χ3n) is 2.86. The normalized spacial score (nSPS) is 12.6. The second-order valence-electron chi connectivity index (χ2n) is 4.23. The quantitative estimate of drug-likeness (QED) is 0.886. The Bertz CT molecular complexity index is 493. The van der Waals surface area contributed by atoms with Gasteiger partial charge in [-0.3, -0.25) is 0 Å². The Morgan fingerprint density at radius 3 is 2.67 bits per heavy atom. The van der Waals surface area contributed by atoms with Gasteiger partial charge in [-0.1, -0.05) is 35.0 Å². The van der Waals surface area contributed by atoms with E-state index in [2.05, 4.69) is 64.3 Å². The second-order valence-corrected chi connectivity index (χ2v) is 6.34. The topological polar surface area (TPSA) is 24.9 Å². The number of hydrogen-bond donors (Lipinski definition) is 1. The Morgan fingerprint density at radius 2 is 2.06 bits per heavy atom. The number of benzene rings is 1. The molecule has 1 aromatic heterocycles. The first-order chi connectivity index (χ1) is 8.69. The minimum Gasteiger partial charge on any atom is -0.305 e. The minimum absolute atomic E-state index is 0.352. The van der Waals surface area contributed by atoms with Crippen molar-refractivity contribution in [3.05, 3.63) is 50.4 Å². The molecule has 1 unspecified atom stereocenters. The fourth-order valence-corrected chi connectivity index (χ4v) is 2.79. The molecule has 2 nitrogen and oxygen atoms in total. The summed E-state index contributed by atoms with van der Waals surface area (Å²) in [6, 6.07) is 8.80. The van der Waals surface area contributed by atoms with Gasteiger partial charge in [-0.15, -0.1) is 11.3 Å². The predicted octanol–water partition coefficient (Wildman–Crippen LogP) is 4.32. The summed E-state index contributed by atoms with van der Waals surface area (Å²) in [5.74, 6) is 0. The van der Waals surface area contributed by atoms with Crippen molar-refractivity contribution in [3.8, 4) is 0 Å². The van der Waals surface area contributed by atoms with Crippen molar-refractivity contribution >= 4 is 27.3 Å². The number of nitrogens with one attached hydrogen (secondary N) is 1. The number of hydrogen-bond acceptors (Lipinski definition) is 3. The fraction of sp³-hybridized carbons (Fsp3) is 0.357. The molecule has 0 fully saturated rings. The molecule has 18 heavy (non-hydrogen) atoms. The second kappa shape index (κ2) is 6.45. The summed E-state index contributed by atoms with van der Waals surface area (Å²) in [4.78, 5) is 5.67. The molecule has 0 bridgehead atoms. The number of rotatable bonds is 5. The molecule has 0 saturated carbocycles. The van der Waals surface area contributed by atoms with Crippen molar-refractivity contribution in [1.29, 1.82) is 0 Å². The first-order valence-corrected chi connectivity index (χ1v) is 7.72. The molecule has 2 rings (SSSR count). The molecule has 4 heteroatoms. The third-order valence-corrected chi connectivity index (χ3v) is 4.53. The van der Waals surface area contributed by atoms with Gasteiger partial charge in [0.1, 0.15) is 0 Å². The lowest BCUT2D eigenvalue weighted by Gasteiger charge is -2.13. The van der Waals surface area contributed by atoms with Crippen molar-refractivity contribution in [3.63, 3.8) is 0 Å². The van der Waals surface area contributed by atoms with E-state index in [0.29, 0.717) is 6.04 Å². The van der Waals surface area contributed by atoms with Crippen LogP contribution in [-0.2, 0) is 13.0 Å². The maximum Gasteiger partial charge on any atom is 0.0925 e. The Kier molecular flexibility index (Phi) is 4.92. The molecule has 0 spiro atoms. The Morgan fingerprint density at radius 1 is 1.33 bits per heavy atom. The maximum absolute atomic E-state index is 4.37. The van der Waals surface area contributed by atoms with Crippen molar-refractivity contribution in [2.45, 2.75) is 32.9 Å². The highest BCUT2D eigenvalue weighted by molar-refractivity contribution is 9.10. The molecule has 1 atom stereocenters. The molecule has 0 aliphatic carbocycles. The zero-order chi connectivity index (χ0) is 13.0. The summed E-state index contributed by atoms with van der Waals surface area (Å²) in [5.41, 5.74) is 1.30. The van der Waals surface area contributed by atoms with E-state index in [1.165, 1.54) is 15.4 Å². The first-order valence-electron chi connectivity index (χ1n) is 6.11. The van der Waals surface area contributed by atoms with Gasteiger partial charge in [0.25, 0.3) is 0 Å². The molecule has 1 heterocycles. The monoisotopic (exact) mass is 324 g/mol. The van der Waals surface area contributed by atoms with Crippen LogP contribution in [-0.4, -0.2) is 4.98 Å². The molecule has 2 aromatic rings. The van der Waals surface area contributed by atoms with E-state index in [0.717, 1.165) is 17.4 Å². The smallest absolute Gasteiger partial charge is 0.0925 e. The third kappa shape index (κ3) is 3.64. The minimum atomic E-state index is 0.352. The lowest BCUT2D eigenvalue weighted by atomic mass is 10.1. The molecule has 1 N–H and O–H groups in total. The van der Waals surface area contributed by atoms with Gasteiger partial charge in [0, 0.05) is 28.1 Å². The van der Waals surface area contributed by atoms with Gasteiger partial charge in [-0.2, -0.15) is 0 Å². The van der Waals surface area contributed by atoms with Crippen molar-refractivity contribution < 1.29 is 0 Å². The van der Waals surface area contributed by atoms with E-state index in [1.54, 1.807) is 11.3 Å². The van der Waals surface area contributed by atoms with Gasteiger partial charge in [-0.25, -0.2) is 4.98 Å². The number of aromatic nitrogens is 1. The number of halogens is 1. The summed E-state index contributed by atoms with van der Waals surface area (Å²) in [7, 11) is 0. The Balaban J connectivity index is 1.91. The standard InChI is InChI=1S/C14H17BrN2S/c1-3-14-17-9-13(18-14)8-16-10(2)11-4-6-12(15)7-5-11/h4-7,9-10,16H,3,8H2,1-2H3. The van der Waals surface area contributed by atoms with Crippen molar-refractivity contribution in [2.24, 2.45) is 0 Å². The van der Waals surface area contributed by atoms with Crippen LogP contribution < -0.4 is 5.32 Å². The van der Waals surface area contributed by atoms with Crippen molar-refractivity contribution in [2.75, 3.05) is 0 Å². The van der Waals surface area contributed by atoms with Crippen LogP contribution in [0, 0.1) is 0 Å². The van der Waals surface area contributed by atoms with Gasteiger partial charge in [-0.05, 0) is 31.0 Å². The molecule has 96 valence electrons. The van der Waals surface area contributed by atoms with E-state index in [9.17, 15) is 0 Å². The van der Waals surface area contributed by atoms with Crippen LogP contribution in [0.2, 0.25) is 0 Å². The molecule has 0 aliphatic rings. The molecule has 0 amide bonds. The summed E-state index contributed by atoms with van der Waals surface area (Å²) in [6.07, 6.45) is 3.00. The largest absolute Gasteiger partial charge is 0.305 e. The van der Waals surface area contributed by atoms with Crippen LogP contribution in [0.3, 0.4) is 0 Å². The summed E-state index contributed by atoms with van der Waals surface area (Å²) in [5, 5.41) is 4.74. The van der Waals surface area contributed by atoms with Gasteiger partial charge in [0.15, 0.2) is 0 Å². The first kappa shape index (κ1) is 13.7. The van der Waals surface area contributed by atoms with Crippen molar-refractivity contribution in [1.82, 2.24) is 10.3 Å². The zero-order valence-electron chi connectivity index (χ0n) is 10.6. The van der Waals surface area contributed by atoms with Gasteiger partial charge < -0.3 is 5.32 Å². The average molecular weight is 325 g/mol. The SMILES string of the molecule is CCc1ncc(CNC(C)c2ccc(Br)cc2)s1. The average Bonchev–Trinajstić information content (AvgIpc) is 2.85. The van der Waals surface area contributed by atoms with Gasteiger partial charge in [0.05, 0.1) is 5.01 Å². The molecular weight excluding hydrogens is 308 g/mol. The Labute approximate surface area is 121 Å². The van der Waals surface area contributed by atoms with E-state index in [1.807, 2.05) is 6.20 Å².